The number of nitrogens with zero attached hydrogens (tertiary/aromatic N) is 7. The number of aryl methyl sites for hydroxylation is 1. The van der Waals surface area contributed by atoms with E-state index < -0.39 is 46.9 Å². The van der Waals surface area contributed by atoms with Gasteiger partial charge >= 0.3 is 11.9 Å². The number of nitrogens with one attached hydrogen (secondary N) is 1. The molecule has 0 saturated carbocycles. The molecule has 264 valence electrons. The van der Waals surface area contributed by atoms with Crippen LogP contribution >= 0.6 is 34.9 Å². The van der Waals surface area contributed by atoms with Gasteiger partial charge in [-0.25, -0.2) is 19.3 Å². The van der Waals surface area contributed by atoms with Crippen molar-refractivity contribution in [3.05, 3.63) is 94.1 Å². The molecule has 2 aliphatic heterocycles. The van der Waals surface area contributed by atoms with Crippen molar-refractivity contribution >= 4 is 69.5 Å². The van der Waals surface area contributed by atoms with Crippen molar-refractivity contribution in [3.63, 3.8) is 0 Å². The van der Waals surface area contributed by atoms with E-state index in [1.54, 1.807) is 7.05 Å². The Morgan fingerprint density at radius 2 is 1.80 bits per heavy atom. The van der Waals surface area contributed by atoms with Crippen LogP contribution in [0.4, 0.5) is 5.13 Å². The summed E-state index contributed by atoms with van der Waals surface area (Å²) in [5, 5.41) is 29.4. The average molecular weight is 750 g/mol. The van der Waals surface area contributed by atoms with Crippen LogP contribution in [0.15, 0.2) is 87.6 Å². The lowest BCUT2D eigenvalue weighted by Gasteiger charge is -2.49. The molecule has 0 bridgehead atoms. The monoisotopic (exact) mass is 749 g/mol. The number of thioether (sulfide) groups is 2. The molecule has 19 heteroatoms. The van der Waals surface area contributed by atoms with E-state index in [2.05, 4.69) is 31.0 Å². The highest BCUT2D eigenvalue weighted by Gasteiger charge is 2.54. The van der Waals surface area contributed by atoms with E-state index in [0.717, 1.165) is 27.4 Å². The summed E-state index contributed by atoms with van der Waals surface area (Å²) in [5.41, 5.74) is 5.71. The van der Waals surface area contributed by atoms with Crippen LogP contribution in [0.1, 0.15) is 36.8 Å². The molecule has 4 N–H and O–H groups in total. The zero-order chi connectivity index (χ0) is 36.3. The molecule has 0 aliphatic carbocycles. The Bertz CT molecular complexity index is 1980. The summed E-state index contributed by atoms with van der Waals surface area (Å²) in [6.07, 6.45) is -0.749. The number of nitrogen functional groups attached to an aromatic ring is 1. The van der Waals surface area contributed by atoms with Gasteiger partial charge in [-0.1, -0.05) is 77.6 Å². The van der Waals surface area contributed by atoms with Gasteiger partial charge < -0.3 is 25.7 Å². The van der Waals surface area contributed by atoms with Gasteiger partial charge in [0.1, 0.15) is 22.8 Å². The summed E-state index contributed by atoms with van der Waals surface area (Å²) in [5.74, 6) is -2.96. The van der Waals surface area contributed by atoms with E-state index in [-0.39, 0.29) is 33.7 Å². The number of anilines is 1. The summed E-state index contributed by atoms with van der Waals surface area (Å²) in [7, 11) is 1.66. The number of oxime groups is 1. The van der Waals surface area contributed by atoms with E-state index in [1.165, 1.54) is 47.4 Å². The molecule has 2 aromatic heterocycles. The Hall–Kier alpha value is -5.27. The molecule has 0 unspecified atom stereocenters. The molecule has 16 nitrogen and oxygen atoms in total. The SMILES string of the molecule is Cn1nnnc1SCC1=C(C(=O)O)N2C(=O)[C@@H](NC(=O)/C(=N\OC(C)(C)C(=O)OC(c3ccccc3)c3ccccc3)c3csc(N)n3)[C@H]2SC1. The van der Waals surface area contributed by atoms with Crippen molar-refractivity contribution in [3.8, 4) is 0 Å². The van der Waals surface area contributed by atoms with Gasteiger partial charge in [-0.15, -0.1) is 28.2 Å². The smallest absolute Gasteiger partial charge is 0.353 e. The number of hydrogen-bond acceptors (Lipinski definition) is 15. The van der Waals surface area contributed by atoms with E-state index in [4.69, 9.17) is 15.3 Å². The predicted molar refractivity (Wildman–Crippen MR) is 188 cm³/mol. The highest BCUT2D eigenvalue weighted by atomic mass is 32.2. The number of rotatable bonds is 13. The quantitative estimate of drug-likeness (QED) is 0.0589. The highest BCUT2D eigenvalue weighted by Crippen LogP contribution is 2.41. The number of ether oxygens (including phenoxy) is 1. The second-order valence-corrected chi connectivity index (χ2v) is 14.6. The summed E-state index contributed by atoms with van der Waals surface area (Å²) < 4.78 is 7.41. The number of nitrogens with two attached hydrogens (primary N) is 1. The van der Waals surface area contributed by atoms with Gasteiger partial charge in [0.2, 0.25) is 10.8 Å². The number of tetrazole rings is 1. The molecule has 1 saturated heterocycles. The van der Waals surface area contributed by atoms with Crippen molar-refractivity contribution in [2.24, 2.45) is 12.2 Å². The van der Waals surface area contributed by atoms with E-state index in [9.17, 15) is 24.3 Å². The number of β-lactam (4-membered cyclic amide) rings is 1. The maximum Gasteiger partial charge on any atom is 0.353 e. The number of hydrogen-bond donors (Lipinski definition) is 3. The minimum atomic E-state index is -1.69. The first kappa shape index (κ1) is 35.6. The third kappa shape index (κ3) is 7.59. The molecule has 4 heterocycles. The van der Waals surface area contributed by atoms with Gasteiger partial charge in [-0.2, -0.15) is 0 Å². The Morgan fingerprint density at radius 3 is 2.37 bits per heavy atom. The van der Waals surface area contributed by atoms with Crippen LogP contribution in [0.5, 0.6) is 0 Å². The van der Waals surface area contributed by atoms with E-state index >= 15 is 0 Å². The first-order valence-corrected chi connectivity index (χ1v) is 18.2. The number of amides is 2. The molecule has 2 aromatic carbocycles. The van der Waals surface area contributed by atoms with Crippen LogP contribution in [-0.2, 0) is 35.8 Å². The maximum atomic E-state index is 13.7. The number of fused-ring (bicyclic) bond motifs is 1. The second kappa shape index (κ2) is 14.9. The average Bonchev–Trinajstić information content (AvgIpc) is 3.75. The van der Waals surface area contributed by atoms with E-state index in [1.807, 2.05) is 60.7 Å². The maximum absolute atomic E-state index is 13.7. The molecule has 2 aliphatic rings. The van der Waals surface area contributed by atoms with Crippen LogP contribution < -0.4 is 11.1 Å². The molecule has 0 radical (unpaired) electrons. The van der Waals surface area contributed by atoms with Crippen molar-refractivity contribution in [1.82, 2.24) is 35.4 Å². The number of aliphatic carboxylic acids is 1. The summed E-state index contributed by atoms with van der Waals surface area (Å²) in [6.45, 7) is 2.89. The molecule has 2 amide bonds. The first-order chi connectivity index (χ1) is 24.4. The molecular formula is C32H31N9O7S3. The summed E-state index contributed by atoms with van der Waals surface area (Å²) in [6, 6.07) is 17.3. The van der Waals surface area contributed by atoms with Crippen LogP contribution in [0.25, 0.3) is 0 Å². The van der Waals surface area contributed by atoms with Gasteiger partial charge in [0.25, 0.3) is 11.8 Å². The fraction of sp³-hybridized carbons (Fsp3) is 0.281. The molecule has 1 fully saturated rings. The number of carbonyl (C=O) groups excluding carboxylic acids is 3. The number of esters is 1. The standard InChI is InChI=1S/C32H31N9O7S3/c1-32(2,29(46)47-24(17-10-6-4-7-11-17)18-12-8-5-9-13-18)48-37-21(20-16-50-30(33)34-20)25(42)35-22-26(43)41-23(28(44)45)19(14-49-27(22)41)15-51-31-36-38-39-40(31)3/h4-13,16,22,24,27H,14-15H2,1-3H3,(H2,33,34)(H,35,42)(H,44,45)/b37-21-/t22-,27-/m1/s1. The summed E-state index contributed by atoms with van der Waals surface area (Å²) >= 11 is 3.60. The largest absolute Gasteiger partial charge is 0.477 e. The van der Waals surface area contributed by atoms with Crippen LogP contribution in [0.3, 0.4) is 0 Å². The molecule has 6 rings (SSSR count). The molecule has 2 atom stereocenters. The zero-order valence-electron chi connectivity index (χ0n) is 27.3. The van der Waals surface area contributed by atoms with Gasteiger partial charge in [0.15, 0.2) is 16.9 Å². The lowest BCUT2D eigenvalue weighted by molar-refractivity contribution is -0.172. The lowest BCUT2D eigenvalue weighted by atomic mass is 10.0. The second-order valence-electron chi connectivity index (χ2n) is 11.7. The van der Waals surface area contributed by atoms with Crippen molar-refractivity contribution in [1.29, 1.82) is 0 Å². The Labute approximate surface area is 303 Å². The predicted octanol–water partition coefficient (Wildman–Crippen LogP) is 2.61. The van der Waals surface area contributed by atoms with Gasteiger partial charge in [0.05, 0.1) is 0 Å². The molecule has 51 heavy (non-hydrogen) atoms. The third-order valence-corrected chi connectivity index (χ3v) is 10.9. The topological polar surface area (TPSA) is 217 Å². The number of carbonyl (C=O) groups is 4. The summed E-state index contributed by atoms with van der Waals surface area (Å²) in [4.78, 5) is 64.0. The number of carboxylic acid groups (broad SMARTS) is 1. The van der Waals surface area contributed by atoms with Crippen LogP contribution in [-0.4, -0.2) is 93.2 Å². The lowest BCUT2D eigenvalue weighted by Crippen LogP contribution is -2.71. The minimum Gasteiger partial charge on any atom is -0.477 e. The van der Waals surface area contributed by atoms with Crippen LogP contribution in [0.2, 0.25) is 0 Å². The van der Waals surface area contributed by atoms with Gasteiger partial charge in [-0.05, 0) is 41.0 Å². The van der Waals surface area contributed by atoms with Crippen molar-refractivity contribution in [2.75, 3.05) is 17.2 Å². The number of benzene rings is 2. The Balaban J connectivity index is 1.18. The van der Waals surface area contributed by atoms with Gasteiger partial charge in [-0.3, -0.25) is 14.5 Å². The zero-order valence-corrected chi connectivity index (χ0v) is 29.8. The molecule has 0 spiro atoms. The number of thiazole rings is 1. The van der Waals surface area contributed by atoms with Crippen molar-refractivity contribution in [2.45, 2.75) is 42.1 Å². The fourth-order valence-electron chi connectivity index (χ4n) is 5.13. The third-order valence-electron chi connectivity index (χ3n) is 7.76. The van der Waals surface area contributed by atoms with Crippen LogP contribution in [0, 0.1) is 0 Å². The first-order valence-electron chi connectivity index (χ1n) is 15.3. The highest BCUT2D eigenvalue weighted by molar-refractivity contribution is 8.01. The molecule has 4 aromatic rings. The fourth-order valence-corrected chi connectivity index (χ4v) is 8.01. The minimum absolute atomic E-state index is 0.0502. The van der Waals surface area contributed by atoms with E-state index in [0.29, 0.717) is 10.7 Å². The molecular weight excluding hydrogens is 719 g/mol. The Morgan fingerprint density at radius 1 is 1.14 bits per heavy atom. The number of aromatic nitrogens is 5. The number of carboxylic acids is 1. The van der Waals surface area contributed by atoms with Gasteiger partial charge in [0, 0.05) is 23.9 Å². The normalized spacial score (nSPS) is 17.5. The Kier molecular flexibility index (Phi) is 10.4. The van der Waals surface area contributed by atoms with Crippen molar-refractivity contribution < 1.29 is 33.9 Å².